The molecule has 0 aliphatic rings. The maximum absolute atomic E-state index is 9.02. The van der Waals surface area contributed by atoms with Gasteiger partial charge in [0.05, 0.1) is 18.4 Å². The topological polar surface area (TPSA) is 50.1 Å². The Hall–Kier alpha value is -1.97. The monoisotopic (exact) mass is 189 g/mol. The highest BCUT2D eigenvalue weighted by atomic mass is 16.3. The number of aromatic nitrogens is 2. The quantitative estimate of drug-likeness (QED) is 0.765. The zero-order chi connectivity index (χ0) is 9.80. The summed E-state index contributed by atoms with van der Waals surface area (Å²) in [5.41, 5.74) is 4.02. The standard InChI is InChI=1S/C10H11N3O/c14-10-4-3-9(11-8-10)7-12-13-5-1-2-6-13/h1-6,8,12,14H,7H2. The third kappa shape index (κ3) is 2.04. The first-order valence-corrected chi connectivity index (χ1v) is 4.35. The highest BCUT2D eigenvalue weighted by molar-refractivity contribution is 5.18. The second kappa shape index (κ2) is 3.83. The van der Waals surface area contributed by atoms with E-state index in [1.165, 1.54) is 6.20 Å². The van der Waals surface area contributed by atoms with Gasteiger partial charge in [0.25, 0.3) is 0 Å². The van der Waals surface area contributed by atoms with Crippen LogP contribution in [0.2, 0.25) is 0 Å². The molecule has 0 unspecified atom stereocenters. The van der Waals surface area contributed by atoms with Crippen LogP contribution in [-0.4, -0.2) is 14.8 Å². The van der Waals surface area contributed by atoms with Crippen molar-refractivity contribution in [3.05, 3.63) is 48.5 Å². The van der Waals surface area contributed by atoms with Crippen LogP contribution >= 0.6 is 0 Å². The predicted octanol–water partition coefficient (Wildman–Crippen LogP) is 1.33. The van der Waals surface area contributed by atoms with Crippen LogP contribution in [0.25, 0.3) is 0 Å². The zero-order valence-corrected chi connectivity index (χ0v) is 7.59. The van der Waals surface area contributed by atoms with Crippen molar-refractivity contribution in [3.8, 4) is 5.75 Å². The molecule has 0 radical (unpaired) electrons. The fourth-order valence-electron chi connectivity index (χ4n) is 1.13. The van der Waals surface area contributed by atoms with E-state index in [0.717, 1.165) is 5.69 Å². The molecule has 0 aliphatic heterocycles. The molecule has 0 spiro atoms. The molecule has 0 atom stereocenters. The Labute approximate surface area is 81.8 Å². The van der Waals surface area contributed by atoms with E-state index in [9.17, 15) is 0 Å². The van der Waals surface area contributed by atoms with E-state index < -0.39 is 0 Å². The Morgan fingerprint density at radius 1 is 1.29 bits per heavy atom. The molecule has 2 aromatic heterocycles. The summed E-state index contributed by atoms with van der Waals surface area (Å²) >= 11 is 0. The van der Waals surface area contributed by atoms with Crippen molar-refractivity contribution in [2.24, 2.45) is 0 Å². The fraction of sp³-hybridized carbons (Fsp3) is 0.100. The summed E-state index contributed by atoms with van der Waals surface area (Å²) in [6.45, 7) is 0.634. The molecule has 0 saturated carbocycles. The van der Waals surface area contributed by atoms with Crippen LogP contribution in [0.5, 0.6) is 5.75 Å². The van der Waals surface area contributed by atoms with Crippen LogP contribution < -0.4 is 5.43 Å². The van der Waals surface area contributed by atoms with Crippen molar-refractivity contribution >= 4 is 0 Å². The number of nitrogens with zero attached hydrogens (tertiary/aromatic N) is 2. The lowest BCUT2D eigenvalue weighted by molar-refractivity contribution is 0.472. The van der Waals surface area contributed by atoms with Gasteiger partial charge in [-0.2, -0.15) is 0 Å². The van der Waals surface area contributed by atoms with Gasteiger partial charge < -0.3 is 10.5 Å². The van der Waals surface area contributed by atoms with E-state index in [4.69, 9.17) is 5.11 Å². The second-order valence-electron chi connectivity index (χ2n) is 2.93. The number of pyridine rings is 1. The molecular formula is C10H11N3O. The lowest BCUT2D eigenvalue weighted by Gasteiger charge is -2.06. The molecule has 0 aliphatic carbocycles. The van der Waals surface area contributed by atoms with E-state index in [1.807, 2.05) is 29.2 Å². The van der Waals surface area contributed by atoms with Crippen LogP contribution in [0, 0.1) is 0 Å². The van der Waals surface area contributed by atoms with Crippen molar-refractivity contribution < 1.29 is 5.11 Å². The molecule has 0 fully saturated rings. The normalized spacial score (nSPS) is 10.0. The molecule has 0 saturated heterocycles. The number of hydrogen-bond donors (Lipinski definition) is 2. The van der Waals surface area contributed by atoms with Crippen LogP contribution in [0.1, 0.15) is 5.69 Å². The number of nitrogens with one attached hydrogen (secondary N) is 1. The van der Waals surface area contributed by atoms with Crippen molar-refractivity contribution in [1.82, 2.24) is 9.66 Å². The molecule has 72 valence electrons. The molecule has 0 aromatic carbocycles. The van der Waals surface area contributed by atoms with Gasteiger partial charge in [-0.3, -0.25) is 9.66 Å². The SMILES string of the molecule is Oc1ccc(CNn2cccc2)nc1. The van der Waals surface area contributed by atoms with E-state index in [1.54, 1.807) is 12.1 Å². The maximum Gasteiger partial charge on any atom is 0.133 e. The van der Waals surface area contributed by atoms with Gasteiger partial charge in [0, 0.05) is 12.4 Å². The van der Waals surface area contributed by atoms with E-state index in [0.29, 0.717) is 6.54 Å². The van der Waals surface area contributed by atoms with Gasteiger partial charge in [0.15, 0.2) is 0 Å². The van der Waals surface area contributed by atoms with Gasteiger partial charge in [-0.25, -0.2) is 0 Å². The first-order chi connectivity index (χ1) is 6.84. The lowest BCUT2D eigenvalue weighted by Crippen LogP contribution is -2.12. The number of hydrogen-bond acceptors (Lipinski definition) is 3. The summed E-state index contributed by atoms with van der Waals surface area (Å²) in [4.78, 5) is 4.05. The fourth-order valence-corrected chi connectivity index (χ4v) is 1.13. The minimum atomic E-state index is 0.190. The van der Waals surface area contributed by atoms with Crippen LogP contribution in [0.3, 0.4) is 0 Å². The molecule has 2 aromatic rings. The average molecular weight is 189 g/mol. The van der Waals surface area contributed by atoms with Crippen molar-refractivity contribution in [2.45, 2.75) is 6.54 Å². The van der Waals surface area contributed by atoms with Crippen molar-refractivity contribution in [1.29, 1.82) is 0 Å². The summed E-state index contributed by atoms with van der Waals surface area (Å²) in [6.07, 6.45) is 5.27. The molecule has 4 heteroatoms. The molecular weight excluding hydrogens is 178 g/mol. The summed E-state index contributed by atoms with van der Waals surface area (Å²) < 4.78 is 1.86. The highest BCUT2D eigenvalue weighted by Gasteiger charge is 1.93. The lowest BCUT2D eigenvalue weighted by atomic mass is 10.3. The molecule has 0 amide bonds. The minimum absolute atomic E-state index is 0.190. The number of aromatic hydroxyl groups is 1. The summed E-state index contributed by atoms with van der Waals surface area (Å²) in [7, 11) is 0. The molecule has 0 bridgehead atoms. The summed E-state index contributed by atoms with van der Waals surface area (Å²) in [5, 5.41) is 9.02. The first kappa shape index (κ1) is 8.62. The van der Waals surface area contributed by atoms with Crippen LogP contribution in [0.4, 0.5) is 0 Å². The van der Waals surface area contributed by atoms with Gasteiger partial charge >= 0.3 is 0 Å². The average Bonchev–Trinajstić information content (AvgIpc) is 2.70. The van der Waals surface area contributed by atoms with Gasteiger partial charge in [0.2, 0.25) is 0 Å². The van der Waals surface area contributed by atoms with Gasteiger partial charge in [0.1, 0.15) is 5.75 Å². The minimum Gasteiger partial charge on any atom is -0.506 e. The Balaban J connectivity index is 1.95. The molecule has 2 N–H and O–H groups in total. The van der Waals surface area contributed by atoms with Crippen molar-refractivity contribution in [2.75, 3.05) is 5.43 Å². The van der Waals surface area contributed by atoms with Gasteiger partial charge in [-0.15, -0.1) is 0 Å². The van der Waals surface area contributed by atoms with E-state index >= 15 is 0 Å². The van der Waals surface area contributed by atoms with Gasteiger partial charge in [-0.1, -0.05) is 0 Å². The Morgan fingerprint density at radius 2 is 2.07 bits per heavy atom. The van der Waals surface area contributed by atoms with Crippen LogP contribution in [0.15, 0.2) is 42.9 Å². The zero-order valence-electron chi connectivity index (χ0n) is 7.59. The Morgan fingerprint density at radius 3 is 2.71 bits per heavy atom. The largest absolute Gasteiger partial charge is 0.506 e. The third-order valence-corrected chi connectivity index (χ3v) is 1.86. The molecule has 2 rings (SSSR count). The highest BCUT2D eigenvalue weighted by Crippen LogP contribution is 2.05. The van der Waals surface area contributed by atoms with Crippen LogP contribution in [-0.2, 0) is 6.54 Å². The maximum atomic E-state index is 9.02. The third-order valence-electron chi connectivity index (χ3n) is 1.86. The van der Waals surface area contributed by atoms with E-state index in [-0.39, 0.29) is 5.75 Å². The Kier molecular flexibility index (Phi) is 2.36. The number of rotatable bonds is 3. The van der Waals surface area contributed by atoms with E-state index in [2.05, 4.69) is 10.4 Å². The smallest absolute Gasteiger partial charge is 0.133 e. The Bertz CT molecular complexity index is 380. The van der Waals surface area contributed by atoms with Crippen molar-refractivity contribution in [3.63, 3.8) is 0 Å². The summed E-state index contributed by atoms with van der Waals surface area (Å²) in [6, 6.07) is 7.29. The predicted molar refractivity (Wildman–Crippen MR) is 53.4 cm³/mol. The molecule has 4 nitrogen and oxygen atoms in total. The second-order valence-corrected chi connectivity index (χ2v) is 2.93. The summed E-state index contributed by atoms with van der Waals surface area (Å²) in [5.74, 6) is 0.190. The van der Waals surface area contributed by atoms with Gasteiger partial charge in [-0.05, 0) is 24.3 Å². The molecule has 2 heterocycles. The molecule has 14 heavy (non-hydrogen) atoms. The first-order valence-electron chi connectivity index (χ1n) is 4.35.